The largest absolute Gasteiger partial charge is 0.483 e. The van der Waals surface area contributed by atoms with E-state index in [1.54, 1.807) is 0 Å². The second-order valence-electron chi connectivity index (χ2n) is 5.11. The van der Waals surface area contributed by atoms with Gasteiger partial charge in [-0.2, -0.15) is 0 Å². The summed E-state index contributed by atoms with van der Waals surface area (Å²) in [6.45, 7) is -0.424. The summed E-state index contributed by atoms with van der Waals surface area (Å²) in [6, 6.07) is 8.81. The summed E-state index contributed by atoms with van der Waals surface area (Å²) in [5.74, 6) is -0.440. The van der Waals surface area contributed by atoms with Gasteiger partial charge in [0.1, 0.15) is 5.75 Å². The zero-order valence-corrected chi connectivity index (χ0v) is 13.5. The molecule has 0 radical (unpaired) electrons. The van der Waals surface area contributed by atoms with Crippen LogP contribution in [-0.4, -0.2) is 35.7 Å². The molecule has 134 valence electrons. The van der Waals surface area contributed by atoms with Crippen LogP contribution in [0.3, 0.4) is 0 Å². The molecule has 0 saturated heterocycles. The van der Waals surface area contributed by atoms with Gasteiger partial charge in [-0.25, -0.2) is 0 Å². The Morgan fingerprint density at radius 1 is 1.08 bits per heavy atom. The Labute approximate surface area is 146 Å². The van der Waals surface area contributed by atoms with E-state index < -0.39 is 22.4 Å². The number of ether oxygens (including phenoxy) is 1. The van der Waals surface area contributed by atoms with Crippen LogP contribution >= 0.6 is 0 Å². The summed E-state index contributed by atoms with van der Waals surface area (Å²) in [5, 5.41) is 21.3. The summed E-state index contributed by atoms with van der Waals surface area (Å²) in [4.78, 5) is 44.6. The van der Waals surface area contributed by atoms with Crippen molar-refractivity contribution in [2.45, 2.75) is 0 Å². The van der Waals surface area contributed by atoms with Gasteiger partial charge in [0.25, 0.3) is 17.3 Å². The second-order valence-corrected chi connectivity index (χ2v) is 5.11. The first-order valence-corrected chi connectivity index (χ1v) is 7.21. The van der Waals surface area contributed by atoms with Gasteiger partial charge < -0.3 is 9.64 Å². The van der Waals surface area contributed by atoms with Crippen molar-refractivity contribution in [3.63, 3.8) is 0 Å². The Morgan fingerprint density at radius 2 is 1.65 bits per heavy atom. The minimum atomic E-state index is -0.649. The minimum Gasteiger partial charge on any atom is -0.483 e. The van der Waals surface area contributed by atoms with Crippen molar-refractivity contribution >= 4 is 29.3 Å². The number of benzene rings is 2. The van der Waals surface area contributed by atoms with Crippen LogP contribution in [0, 0.1) is 20.2 Å². The number of nitrogens with zero attached hydrogens (tertiary/aromatic N) is 3. The van der Waals surface area contributed by atoms with Crippen LogP contribution in [0.1, 0.15) is 10.4 Å². The van der Waals surface area contributed by atoms with Crippen LogP contribution in [0.5, 0.6) is 5.75 Å². The van der Waals surface area contributed by atoms with Crippen LogP contribution in [0.25, 0.3) is 0 Å². The topological polar surface area (TPSA) is 133 Å². The second kappa shape index (κ2) is 7.83. The number of anilines is 1. The molecule has 10 heteroatoms. The van der Waals surface area contributed by atoms with E-state index in [4.69, 9.17) is 4.74 Å². The van der Waals surface area contributed by atoms with E-state index in [0.717, 1.165) is 12.1 Å². The first kappa shape index (κ1) is 18.5. The number of likely N-dealkylation sites (N-methyl/N-ethyl adjacent to an activating group) is 1. The molecule has 0 fully saturated rings. The molecule has 10 nitrogen and oxygen atoms in total. The van der Waals surface area contributed by atoms with Crippen molar-refractivity contribution in [3.05, 3.63) is 68.3 Å². The van der Waals surface area contributed by atoms with Crippen molar-refractivity contribution in [1.82, 2.24) is 0 Å². The highest BCUT2D eigenvalue weighted by atomic mass is 16.6. The Morgan fingerprint density at radius 3 is 2.19 bits per heavy atom. The predicted molar refractivity (Wildman–Crippen MR) is 90.5 cm³/mol. The van der Waals surface area contributed by atoms with Crippen molar-refractivity contribution in [2.75, 3.05) is 18.6 Å². The van der Waals surface area contributed by atoms with Gasteiger partial charge in [0, 0.05) is 37.0 Å². The summed E-state index contributed by atoms with van der Waals surface area (Å²) in [6.07, 6.45) is 0.396. The van der Waals surface area contributed by atoms with Crippen molar-refractivity contribution in [2.24, 2.45) is 0 Å². The zero-order chi connectivity index (χ0) is 19.3. The average Bonchev–Trinajstić information content (AvgIpc) is 2.65. The van der Waals surface area contributed by atoms with Gasteiger partial charge in [-0.05, 0) is 18.2 Å². The number of nitro groups is 2. The Kier molecular flexibility index (Phi) is 5.58. The standard InChI is InChI=1S/C16H13N3O7/c1-17(12-2-4-13(5-3-12)18(22)23)16(21)10-26-15-7-6-14(19(24)25)8-11(15)9-20/h2-9H,10H2,1H3. The van der Waals surface area contributed by atoms with E-state index >= 15 is 0 Å². The quantitative estimate of drug-likeness (QED) is 0.421. The number of nitro benzene ring substituents is 2. The van der Waals surface area contributed by atoms with Crippen LogP contribution in [0.2, 0.25) is 0 Å². The van der Waals surface area contributed by atoms with Gasteiger partial charge >= 0.3 is 0 Å². The molecule has 0 saturated carbocycles. The molecule has 0 spiro atoms. The molecule has 2 aromatic rings. The van der Waals surface area contributed by atoms with Crippen molar-refractivity contribution < 1.29 is 24.2 Å². The lowest BCUT2D eigenvalue weighted by atomic mass is 10.2. The third-order valence-corrected chi connectivity index (χ3v) is 3.50. The van der Waals surface area contributed by atoms with Gasteiger partial charge in [0.2, 0.25) is 0 Å². The highest BCUT2D eigenvalue weighted by Gasteiger charge is 2.16. The molecule has 0 aliphatic heterocycles. The Balaban J connectivity index is 2.07. The molecular formula is C16H13N3O7. The van der Waals surface area contributed by atoms with E-state index in [1.165, 1.54) is 42.3 Å². The maximum absolute atomic E-state index is 12.2. The van der Waals surface area contributed by atoms with Crippen molar-refractivity contribution in [3.8, 4) is 5.75 Å². The number of rotatable bonds is 7. The lowest BCUT2D eigenvalue weighted by Gasteiger charge is -2.17. The number of aldehydes is 1. The molecule has 0 aliphatic carbocycles. The average molecular weight is 359 g/mol. The normalized spacial score (nSPS) is 10.0. The van der Waals surface area contributed by atoms with Crippen LogP contribution in [0.15, 0.2) is 42.5 Å². The van der Waals surface area contributed by atoms with E-state index in [2.05, 4.69) is 0 Å². The summed E-state index contributed by atoms with van der Waals surface area (Å²) >= 11 is 0. The predicted octanol–water partition coefficient (Wildman–Crippen LogP) is 2.36. The number of hydrogen-bond acceptors (Lipinski definition) is 7. The first-order valence-electron chi connectivity index (χ1n) is 7.21. The van der Waals surface area contributed by atoms with Crippen LogP contribution in [-0.2, 0) is 4.79 Å². The molecule has 0 N–H and O–H groups in total. The fraction of sp³-hybridized carbons (Fsp3) is 0.125. The molecular weight excluding hydrogens is 346 g/mol. The van der Waals surface area contributed by atoms with Gasteiger partial charge in [-0.1, -0.05) is 0 Å². The van der Waals surface area contributed by atoms with E-state index in [0.29, 0.717) is 12.0 Å². The van der Waals surface area contributed by atoms with Crippen LogP contribution in [0.4, 0.5) is 17.1 Å². The van der Waals surface area contributed by atoms with Crippen molar-refractivity contribution in [1.29, 1.82) is 0 Å². The molecule has 0 heterocycles. The number of amides is 1. The summed E-state index contributed by atoms with van der Waals surface area (Å²) < 4.78 is 5.28. The van der Waals surface area contributed by atoms with Gasteiger partial charge in [0.05, 0.1) is 15.4 Å². The number of carbonyl (C=O) groups excluding carboxylic acids is 2. The first-order chi connectivity index (χ1) is 12.3. The third kappa shape index (κ3) is 4.17. The molecule has 0 aromatic heterocycles. The number of non-ortho nitro benzene ring substituents is 2. The lowest BCUT2D eigenvalue weighted by Crippen LogP contribution is -2.31. The molecule has 26 heavy (non-hydrogen) atoms. The van der Waals surface area contributed by atoms with Gasteiger partial charge in [-0.3, -0.25) is 29.8 Å². The highest BCUT2D eigenvalue weighted by molar-refractivity contribution is 5.94. The van der Waals surface area contributed by atoms with E-state index in [1.807, 2.05) is 0 Å². The molecule has 2 rings (SSSR count). The fourth-order valence-electron chi connectivity index (χ4n) is 2.05. The Hall–Kier alpha value is -3.82. The molecule has 2 aromatic carbocycles. The molecule has 1 amide bonds. The third-order valence-electron chi connectivity index (χ3n) is 3.50. The highest BCUT2D eigenvalue weighted by Crippen LogP contribution is 2.23. The van der Waals surface area contributed by atoms with Crippen LogP contribution < -0.4 is 9.64 Å². The molecule has 0 atom stereocenters. The monoisotopic (exact) mass is 359 g/mol. The molecule has 0 unspecified atom stereocenters. The SMILES string of the molecule is CN(C(=O)COc1ccc([N+](=O)[O-])cc1C=O)c1ccc([N+](=O)[O-])cc1. The fourth-order valence-corrected chi connectivity index (χ4v) is 2.05. The lowest BCUT2D eigenvalue weighted by molar-refractivity contribution is -0.385. The summed E-state index contributed by atoms with van der Waals surface area (Å²) in [5.41, 5.74) is -0.00497. The molecule has 0 aliphatic rings. The number of hydrogen-bond donors (Lipinski definition) is 0. The van der Waals surface area contributed by atoms with Gasteiger partial charge in [0.15, 0.2) is 12.9 Å². The smallest absolute Gasteiger partial charge is 0.270 e. The zero-order valence-electron chi connectivity index (χ0n) is 13.5. The number of carbonyl (C=O) groups is 2. The molecule has 0 bridgehead atoms. The minimum absolute atomic E-state index is 0.0380. The Bertz CT molecular complexity index is 865. The summed E-state index contributed by atoms with van der Waals surface area (Å²) in [7, 11) is 1.46. The maximum Gasteiger partial charge on any atom is 0.270 e. The van der Waals surface area contributed by atoms with E-state index in [9.17, 15) is 29.8 Å². The maximum atomic E-state index is 12.2. The van der Waals surface area contributed by atoms with E-state index in [-0.39, 0.29) is 22.7 Å². The van der Waals surface area contributed by atoms with Gasteiger partial charge in [-0.15, -0.1) is 0 Å².